The minimum Gasteiger partial charge on any atom is -0.338 e. The van der Waals surface area contributed by atoms with Crippen LogP contribution in [0.1, 0.15) is 29.7 Å². The molecule has 2 aromatic carbocycles. The Bertz CT molecular complexity index is 943. The van der Waals surface area contributed by atoms with E-state index in [2.05, 4.69) is 41.5 Å². The maximum atomic E-state index is 12.5. The number of carbonyl (C=O) groups excluding carboxylic acids is 1. The fourth-order valence-electron chi connectivity index (χ4n) is 2.66. The van der Waals surface area contributed by atoms with E-state index in [4.69, 9.17) is 0 Å². The molecule has 0 aliphatic rings. The van der Waals surface area contributed by atoms with E-state index in [0.717, 1.165) is 20.7 Å². The molecular formula is C21H24N4OS2. The van der Waals surface area contributed by atoms with E-state index < -0.39 is 0 Å². The quantitative estimate of drug-likeness (QED) is 0.540. The van der Waals surface area contributed by atoms with Gasteiger partial charge in [-0.15, -0.1) is 10.2 Å². The normalized spacial score (nSPS) is 11.9. The summed E-state index contributed by atoms with van der Waals surface area (Å²) in [6.07, 6.45) is 0. The Balaban J connectivity index is 1.55. The van der Waals surface area contributed by atoms with E-state index >= 15 is 0 Å². The molecule has 1 N–H and O–H groups in total. The lowest BCUT2D eigenvalue weighted by Gasteiger charge is -2.25. The summed E-state index contributed by atoms with van der Waals surface area (Å²) in [6.45, 7) is 6.21. The van der Waals surface area contributed by atoms with Gasteiger partial charge >= 0.3 is 0 Å². The smallest absolute Gasteiger partial charge is 0.233 e. The van der Waals surface area contributed by atoms with Crippen LogP contribution in [0.2, 0.25) is 0 Å². The maximum absolute atomic E-state index is 12.5. The molecule has 0 bridgehead atoms. The number of nitrogens with zero attached hydrogens (tertiary/aromatic N) is 3. The molecule has 0 unspecified atom stereocenters. The minimum absolute atomic E-state index is 0.0331. The predicted octanol–water partition coefficient (Wildman–Crippen LogP) is 5.21. The van der Waals surface area contributed by atoms with Crippen molar-refractivity contribution in [3.05, 3.63) is 65.2 Å². The molecule has 3 rings (SSSR count). The number of aromatic nitrogens is 2. The third-order valence-electron chi connectivity index (χ3n) is 4.74. The van der Waals surface area contributed by atoms with Crippen LogP contribution in [0.15, 0.2) is 52.9 Å². The van der Waals surface area contributed by atoms with Crippen molar-refractivity contribution in [1.29, 1.82) is 0 Å². The van der Waals surface area contributed by atoms with Crippen LogP contribution >= 0.6 is 23.1 Å². The molecule has 1 heterocycles. The average molecular weight is 413 g/mol. The summed E-state index contributed by atoms with van der Waals surface area (Å²) in [5.74, 6) is 0.409. The van der Waals surface area contributed by atoms with Gasteiger partial charge in [-0.1, -0.05) is 59.5 Å². The maximum Gasteiger partial charge on any atom is 0.233 e. The fourth-order valence-corrected chi connectivity index (χ4v) is 4.35. The summed E-state index contributed by atoms with van der Waals surface area (Å²) in [4.78, 5) is 14.3. The first-order valence-corrected chi connectivity index (χ1v) is 10.9. The van der Waals surface area contributed by atoms with Gasteiger partial charge in [0.1, 0.15) is 0 Å². The SMILES string of the molecule is Cc1ccc(Nc2nnc(SCC(=O)N(C)[C@@H](C)c3ccccc3)s2)cc1C. The number of nitrogens with one attached hydrogen (secondary N) is 1. The zero-order valence-corrected chi connectivity index (χ0v) is 18.1. The van der Waals surface area contributed by atoms with Crippen molar-refractivity contribution in [2.45, 2.75) is 31.2 Å². The highest BCUT2D eigenvalue weighted by Gasteiger charge is 2.18. The highest BCUT2D eigenvalue weighted by molar-refractivity contribution is 8.01. The van der Waals surface area contributed by atoms with Crippen molar-refractivity contribution >= 4 is 39.8 Å². The standard InChI is InChI=1S/C21H24N4OS2/c1-14-10-11-18(12-15(14)2)22-20-23-24-21(28-20)27-13-19(26)25(4)16(3)17-8-6-5-7-9-17/h5-12,16H,13H2,1-4H3,(H,22,23)/t16-/m0/s1. The second-order valence-electron chi connectivity index (χ2n) is 6.68. The van der Waals surface area contributed by atoms with Gasteiger partial charge in [0.05, 0.1) is 11.8 Å². The third kappa shape index (κ3) is 5.11. The molecule has 7 heteroatoms. The number of rotatable bonds is 7. The molecule has 0 aliphatic heterocycles. The molecule has 1 atom stereocenters. The second-order valence-corrected chi connectivity index (χ2v) is 8.88. The Hall–Kier alpha value is -2.38. The van der Waals surface area contributed by atoms with Gasteiger partial charge < -0.3 is 10.2 Å². The first kappa shape index (κ1) is 20.4. The highest BCUT2D eigenvalue weighted by Crippen LogP contribution is 2.29. The summed E-state index contributed by atoms with van der Waals surface area (Å²) < 4.78 is 0.778. The molecule has 0 saturated heterocycles. The molecule has 5 nitrogen and oxygen atoms in total. The van der Waals surface area contributed by atoms with Gasteiger partial charge in [-0.3, -0.25) is 4.79 Å². The van der Waals surface area contributed by atoms with Gasteiger partial charge in [-0.05, 0) is 49.6 Å². The van der Waals surface area contributed by atoms with Crippen molar-refractivity contribution in [3.8, 4) is 0 Å². The van der Waals surface area contributed by atoms with Crippen LogP contribution in [-0.2, 0) is 4.79 Å². The molecule has 1 amide bonds. The van der Waals surface area contributed by atoms with E-state index in [1.54, 1.807) is 4.90 Å². The van der Waals surface area contributed by atoms with E-state index in [1.165, 1.54) is 34.2 Å². The molecule has 0 aliphatic carbocycles. The summed E-state index contributed by atoms with van der Waals surface area (Å²) >= 11 is 2.88. The Labute approximate surface area is 174 Å². The lowest BCUT2D eigenvalue weighted by Crippen LogP contribution is -2.31. The molecule has 146 valence electrons. The molecule has 0 saturated carbocycles. The largest absolute Gasteiger partial charge is 0.338 e. The number of hydrogen-bond acceptors (Lipinski definition) is 6. The molecule has 1 aromatic heterocycles. The van der Waals surface area contributed by atoms with Gasteiger partial charge in [0, 0.05) is 12.7 Å². The predicted molar refractivity (Wildman–Crippen MR) is 117 cm³/mol. The summed E-state index contributed by atoms with van der Waals surface area (Å²) in [5, 5.41) is 12.4. The van der Waals surface area contributed by atoms with Crippen LogP contribution in [-0.4, -0.2) is 33.8 Å². The molecule has 28 heavy (non-hydrogen) atoms. The number of hydrogen-bond donors (Lipinski definition) is 1. The number of benzene rings is 2. The summed E-state index contributed by atoms with van der Waals surface area (Å²) in [6, 6.07) is 16.3. The fraction of sp³-hybridized carbons (Fsp3) is 0.286. The first-order chi connectivity index (χ1) is 13.4. The molecule has 0 fully saturated rings. The van der Waals surface area contributed by atoms with E-state index in [0.29, 0.717) is 5.75 Å². The van der Waals surface area contributed by atoms with Gasteiger partial charge in [-0.25, -0.2) is 0 Å². The zero-order valence-electron chi connectivity index (χ0n) is 16.5. The first-order valence-electron chi connectivity index (χ1n) is 9.05. The Morgan fingerprint density at radius 3 is 2.61 bits per heavy atom. The Morgan fingerprint density at radius 1 is 1.14 bits per heavy atom. The van der Waals surface area contributed by atoms with Crippen LogP contribution in [0.3, 0.4) is 0 Å². The summed E-state index contributed by atoms with van der Waals surface area (Å²) in [7, 11) is 1.84. The van der Waals surface area contributed by atoms with E-state index in [1.807, 2.05) is 50.4 Å². The number of thioether (sulfide) groups is 1. The van der Waals surface area contributed by atoms with Gasteiger partial charge in [0.2, 0.25) is 11.0 Å². The monoisotopic (exact) mass is 412 g/mol. The minimum atomic E-state index is 0.0331. The molecule has 3 aromatic rings. The van der Waals surface area contributed by atoms with Crippen LogP contribution in [0, 0.1) is 13.8 Å². The zero-order chi connectivity index (χ0) is 20.1. The number of anilines is 2. The number of carbonyl (C=O) groups is 1. The lowest BCUT2D eigenvalue weighted by molar-refractivity contribution is -0.128. The Morgan fingerprint density at radius 2 is 1.89 bits per heavy atom. The average Bonchev–Trinajstić information content (AvgIpc) is 3.15. The van der Waals surface area contributed by atoms with Crippen LogP contribution in [0.4, 0.5) is 10.8 Å². The second kappa shape index (κ2) is 9.21. The number of amides is 1. The summed E-state index contributed by atoms with van der Waals surface area (Å²) in [5.41, 5.74) is 4.60. The molecule has 0 spiro atoms. The van der Waals surface area contributed by atoms with E-state index in [-0.39, 0.29) is 11.9 Å². The van der Waals surface area contributed by atoms with Crippen molar-refractivity contribution in [2.24, 2.45) is 0 Å². The van der Waals surface area contributed by atoms with Gasteiger partial charge in [-0.2, -0.15) is 0 Å². The third-order valence-corrected chi connectivity index (χ3v) is 6.70. The van der Waals surface area contributed by atoms with Crippen molar-refractivity contribution in [3.63, 3.8) is 0 Å². The lowest BCUT2D eigenvalue weighted by atomic mass is 10.1. The topological polar surface area (TPSA) is 58.1 Å². The number of aryl methyl sites for hydroxylation is 2. The van der Waals surface area contributed by atoms with Gasteiger partial charge in [0.25, 0.3) is 0 Å². The van der Waals surface area contributed by atoms with Crippen LogP contribution in [0.5, 0.6) is 0 Å². The van der Waals surface area contributed by atoms with Crippen molar-refractivity contribution in [2.75, 3.05) is 18.1 Å². The highest BCUT2D eigenvalue weighted by atomic mass is 32.2. The van der Waals surface area contributed by atoms with E-state index in [9.17, 15) is 4.79 Å². The van der Waals surface area contributed by atoms with Crippen LogP contribution in [0.25, 0.3) is 0 Å². The Kier molecular flexibility index (Phi) is 6.70. The molecule has 0 radical (unpaired) electrons. The molecular weight excluding hydrogens is 388 g/mol. The van der Waals surface area contributed by atoms with Crippen molar-refractivity contribution in [1.82, 2.24) is 15.1 Å². The van der Waals surface area contributed by atoms with Crippen LogP contribution < -0.4 is 5.32 Å². The van der Waals surface area contributed by atoms with Gasteiger partial charge in [0.15, 0.2) is 4.34 Å². The van der Waals surface area contributed by atoms with Crippen molar-refractivity contribution < 1.29 is 4.79 Å².